The predicted molar refractivity (Wildman–Crippen MR) is 122 cm³/mol. The minimum absolute atomic E-state index is 0.127. The van der Waals surface area contributed by atoms with Gasteiger partial charge in [0.1, 0.15) is 0 Å². The highest BCUT2D eigenvalue weighted by Crippen LogP contribution is 2.31. The Balaban J connectivity index is 2.06. The van der Waals surface area contributed by atoms with Gasteiger partial charge >= 0.3 is 0 Å². The minimum atomic E-state index is 0.127. The van der Waals surface area contributed by atoms with Crippen molar-refractivity contribution in [1.82, 2.24) is 15.6 Å². The van der Waals surface area contributed by atoms with Crippen LogP contribution in [0.25, 0.3) is 0 Å². The van der Waals surface area contributed by atoms with E-state index < -0.39 is 0 Å². The maximum absolute atomic E-state index is 6.10. The number of pyridine rings is 1. The van der Waals surface area contributed by atoms with Gasteiger partial charge in [0.2, 0.25) is 5.88 Å². The van der Waals surface area contributed by atoms with Crippen LogP contribution in [-0.4, -0.2) is 42.1 Å². The molecule has 7 heteroatoms. The van der Waals surface area contributed by atoms with Crippen LogP contribution in [0.1, 0.15) is 32.8 Å². The highest BCUT2D eigenvalue weighted by molar-refractivity contribution is 7.99. The smallest absolute Gasteiger partial charge is 0.224 e. The van der Waals surface area contributed by atoms with Crippen molar-refractivity contribution in [1.29, 1.82) is 0 Å². The summed E-state index contributed by atoms with van der Waals surface area (Å²) in [6, 6.07) is 11.5. The van der Waals surface area contributed by atoms with Gasteiger partial charge < -0.3 is 20.1 Å². The zero-order chi connectivity index (χ0) is 21.1. The van der Waals surface area contributed by atoms with E-state index in [9.17, 15) is 0 Å². The molecule has 2 aromatic rings. The Kier molecular flexibility index (Phi) is 9.12. The van der Waals surface area contributed by atoms with E-state index in [0.717, 1.165) is 30.2 Å². The van der Waals surface area contributed by atoms with Crippen LogP contribution in [0.4, 0.5) is 0 Å². The van der Waals surface area contributed by atoms with Crippen molar-refractivity contribution in [2.45, 2.75) is 38.5 Å². The third kappa shape index (κ3) is 7.49. The first-order valence-electron chi connectivity index (χ1n) is 9.82. The second-order valence-electron chi connectivity index (χ2n) is 7.11. The molecular formula is C22H32N4O2S. The van der Waals surface area contributed by atoms with Gasteiger partial charge in [-0.05, 0) is 44.7 Å². The van der Waals surface area contributed by atoms with E-state index in [4.69, 9.17) is 9.47 Å². The summed E-state index contributed by atoms with van der Waals surface area (Å²) in [5.74, 6) is 2.67. The lowest BCUT2D eigenvalue weighted by molar-refractivity contribution is 0.300. The van der Waals surface area contributed by atoms with Crippen molar-refractivity contribution in [3.8, 4) is 17.4 Å². The summed E-state index contributed by atoms with van der Waals surface area (Å²) in [7, 11) is 1.77. The van der Waals surface area contributed by atoms with E-state index in [0.29, 0.717) is 24.8 Å². The maximum Gasteiger partial charge on any atom is 0.224 e. The molecule has 1 heterocycles. The van der Waals surface area contributed by atoms with Gasteiger partial charge in [0.05, 0.1) is 6.61 Å². The second-order valence-corrected chi connectivity index (χ2v) is 8.62. The number of benzene rings is 1. The minimum Gasteiger partial charge on any atom is -0.490 e. The summed E-state index contributed by atoms with van der Waals surface area (Å²) in [5.41, 5.74) is 0.935. The van der Waals surface area contributed by atoms with Crippen LogP contribution < -0.4 is 20.1 Å². The molecule has 0 saturated carbocycles. The summed E-state index contributed by atoms with van der Waals surface area (Å²) >= 11 is 1.82. The molecule has 2 rings (SSSR count). The zero-order valence-electron chi connectivity index (χ0n) is 18.0. The topological polar surface area (TPSA) is 67.8 Å². The molecule has 158 valence electrons. The third-order valence-electron chi connectivity index (χ3n) is 4.27. The van der Waals surface area contributed by atoms with Gasteiger partial charge in [-0.15, -0.1) is 0 Å². The van der Waals surface area contributed by atoms with Crippen molar-refractivity contribution in [2.75, 3.05) is 26.5 Å². The van der Waals surface area contributed by atoms with Gasteiger partial charge in [0, 0.05) is 36.6 Å². The molecule has 0 aliphatic rings. The lowest BCUT2D eigenvalue weighted by atomic mass is 10.2. The Labute approximate surface area is 178 Å². The Morgan fingerprint density at radius 1 is 1.14 bits per heavy atom. The lowest BCUT2D eigenvalue weighted by Gasteiger charge is -2.23. The molecular weight excluding hydrogens is 384 g/mol. The Hall–Kier alpha value is -2.41. The van der Waals surface area contributed by atoms with Crippen LogP contribution in [-0.2, 0) is 6.54 Å². The van der Waals surface area contributed by atoms with Crippen LogP contribution >= 0.6 is 11.8 Å². The van der Waals surface area contributed by atoms with Crippen molar-refractivity contribution in [2.24, 2.45) is 4.99 Å². The van der Waals surface area contributed by atoms with Crippen molar-refractivity contribution < 1.29 is 9.47 Å². The fraction of sp³-hybridized carbons (Fsp3) is 0.455. The molecule has 0 unspecified atom stereocenters. The zero-order valence-corrected chi connectivity index (χ0v) is 18.8. The summed E-state index contributed by atoms with van der Waals surface area (Å²) in [4.78, 5) is 8.72. The molecule has 0 aliphatic carbocycles. The monoisotopic (exact) mass is 416 g/mol. The molecule has 2 N–H and O–H groups in total. The number of hydrogen-bond donors (Lipinski definition) is 2. The molecule has 0 bridgehead atoms. The Bertz CT molecular complexity index is 796. The highest BCUT2D eigenvalue weighted by Gasteiger charge is 2.16. The molecule has 0 atom stereocenters. The normalized spacial score (nSPS) is 11.8. The predicted octanol–water partition coefficient (Wildman–Crippen LogP) is 4.47. The first-order valence-corrected chi connectivity index (χ1v) is 11.0. The number of nitrogens with one attached hydrogen (secondary N) is 2. The molecule has 6 nitrogen and oxygen atoms in total. The number of guanidine groups is 1. The molecule has 0 spiro atoms. The van der Waals surface area contributed by atoms with E-state index in [2.05, 4.69) is 47.6 Å². The largest absolute Gasteiger partial charge is 0.490 e. The van der Waals surface area contributed by atoms with E-state index in [1.807, 2.05) is 48.2 Å². The van der Waals surface area contributed by atoms with Gasteiger partial charge in [0.15, 0.2) is 17.5 Å². The summed E-state index contributed by atoms with van der Waals surface area (Å²) in [5, 5.41) is 6.70. The number of aromatic nitrogens is 1. The van der Waals surface area contributed by atoms with Crippen molar-refractivity contribution in [3.05, 3.63) is 48.2 Å². The molecule has 0 fully saturated rings. The number of rotatable bonds is 10. The average molecular weight is 417 g/mol. The van der Waals surface area contributed by atoms with Crippen molar-refractivity contribution >= 4 is 17.7 Å². The number of ether oxygens (including phenoxy) is 2. The Morgan fingerprint density at radius 2 is 1.90 bits per heavy atom. The lowest BCUT2D eigenvalue weighted by Crippen LogP contribution is -2.43. The van der Waals surface area contributed by atoms with E-state index in [1.165, 1.54) is 0 Å². The fourth-order valence-electron chi connectivity index (χ4n) is 2.39. The quantitative estimate of drug-likeness (QED) is 0.440. The van der Waals surface area contributed by atoms with E-state index >= 15 is 0 Å². The van der Waals surface area contributed by atoms with Crippen LogP contribution in [0.15, 0.2) is 47.6 Å². The van der Waals surface area contributed by atoms with E-state index in [-0.39, 0.29) is 4.75 Å². The standard InChI is InChI=1S/C22H32N4O2S/c1-6-14-27-18-11-7-8-12-19(18)28-20-17(10-9-13-24-20)15-25-21(23-4)26-16-22(2,3)29-5/h7-13H,6,14-16H2,1-5H3,(H2,23,25,26). The Morgan fingerprint density at radius 3 is 2.59 bits per heavy atom. The van der Waals surface area contributed by atoms with E-state index in [1.54, 1.807) is 13.2 Å². The average Bonchev–Trinajstić information content (AvgIpc) is 2.74. The molecule has 0 amide bonds. The van der Waals surface area contributed by atoms with Crippen LogP contribution in [0.3, 0.4) is 0 Å². The molecule has 0 radical (unpaired) electrons. The summed E-state index contributed by atoms with van der Waals surface area (Å²) in [6.07, 6.45) is 4.77. The number of aliphatic imine (C=N–C) groups is 1. The number of hydrogen-bond acceptors (Lipinski definition) is 5. The second kappa shape index (κ2) is 11.6. The SMILES string of the molecule is CCCOc1ccccc1Oc1ncccc1CNC(=NC)NCC(C)(C)SC. The van der Waals surface area contributed by atoms with Gasteiger partial charge in [-0.25, -0.2) is 4.98 Å². The number of nitrogens with zero attached hydrogens (tertiary/aromatic N) is 2. The molecule has 0 saturated heterocycles. The van der Waals surface area contributed by atoms with Gasteiger partial charge in [-0.1, -0.05) is 25.1 Å². The molecule has 1 aromatic heterocycles. The van der Waals surface area contributed by atoms with Crippen LogP contribution in [0, 0.1) is 0 Å². The number of para-hydroxylation sites is 2. The van der Waals surface area contributed by atoms with Gasteiger partial charge in [-0.3, -0.25) is 4.99 Å². The van der Waals surface area contributed by atoms with Gasteiger partial charge in [-0.2, -0.15) is 11.8 Å². The number of thioether (sulfide) groups is 1. The first-order chi connectivity index (χ1) is 14.0. The van der Waals surface area contributed by atoms with Gasteiger partial charge in [0.25, 0.3) is 0 Å². The third-order valence-corrected chi connectivity index (χ3v) is 5.52. The van der Waals surface area contributed by atoms with Crippen LogP contribution in [0.5, 0.6) is 17.4 Å². The summed E-state index contributed by atoms with van der Waals surface area (Å²) in [6.45, 7) is 8.47. The fourth-order valence-corrected chi connectivity index (χ4v) is 2.61. The highest BCUT2D eigenvalue weighted by atomic mass is 32.2. The summed E-state index contributed by atoms with van der Waals surface area (Å²) < 4.78 is 12.0. The first kappa shape index (κ1) is 22.9. The maximum atomic E-state index is 6.10. The van der Waals surface area contributed by atoms with Crippen LogP contribution in [0.2, 0.25) is 0 Å². The molecule has 29 heavy (non-hydrogen) atoms. The molecule has 0 aliphatic heterocycles. The molecule has 1 aromatic carbocycles. The van der Waals surface area contributed by atoms with Crippen molar-refractivity contribution in [3.63, 3.8) is 0 Å².